The number of carbonyl (C=O) groups excluding carboxylic acids is 2. The number of benzene rings is 2. The summed E-state index contributed by atoms with van der Waals surface area (Å²) in [5, 5.41) is 4.20. The van der Waals surface area contributed by atoms with E-state index in [1.807, 2.05) is 43.0 Å². The zero-order valence-electron chi connectivity index (χ0n) is 18.9. The van der Waals surface area contributed by atoms with Gasteiger partial charge in [0, 0.05) is 53.7 Å². The number of likely N-dealkylation sites (tertiary alicyclic amines) is 1. The van der Waals surface area contributed by atoms with Crippen LogP contribution in [0.15, 0.2) is 53.6 Å². The molecule has 1 aromatic heterocycles. The number of amides is 2. The largest absolute Gasteiger partial charge is 0.350 e. The molecule has 2 heterocycles. The summed E-state index contributed by atoms with van der Waals surface area (Å²) in [5.74, 6) is 0.652. The van der Waals surface area contributed by atoms with E-state index in [9.17, 15) is 9.59 Å². The highest BCUT2D eigenvalue weighted by atomic mass is 32.2. The summed E-state index contributed by atoms with van der Waals surface area (Å²) in [6.45, 7) is 7.01. The molecule has 4 rings (SSSR count). The standard InChI is InChI=1S/C26H31N3O2S/c1-19-14-20(2)16-21(15-19)26(31)27-10-13-29-17-24(22-8-4-5-9-23(22)29)32-18-25(30)28-11-6-3-7-12-28/h4-5,8-9,14-17H,3,6-7,10-13,18H2,1-2H3,(H,27,31). The molecule has 1 fully saturated rings. The van der Waals surface area contributed by atoms with Gasteiger partial charge in [0.05, 0.1) is 5.75 Å². The van der Waals surface area contributed by atoms with E-state index >= 15 is 0 Å². The van der Waals surface area contributed by atoms with E-state index in [4.69, 9.17) is 0 Å². The number of thioether (sulfide) groups is 1. The van der Waals surface area contributed by atoms with Crippen LogP contribution in [-0.4, -0.2) is 46.7 Å². The maximum Gasteiger partial charge on any atom is 0.251 e. The van der Waals surface area contributed by atoms with Gasteiger partial charge in [0.25, 0.3) is 5.91 Å². The van der Waals surface area contributed by atoms with Crippen LogP contribution in [0.1, 0.15) is 40.7 Å². The molecule has 0 radical (unpaired) electrons. The molecule has 0 unspecified atom stereocenters. The first kappa shape index (κ1) is 22.5. The van der Waals surface area contributed by atoms with Gasteiger partial charge < -0.3 is 14.8 Å². The number of para-hydroxylation sites is 1. The Labute approximate surface area is 194 Å². The second-order valence-corrected chi connectivity index (χ2v) is 9.58. The molecule has 0 spiro atoms. The fourth-order valence-corrected chi connectivity index (χ4v) is 5.38. The average molecular weight is 450 g/mol. The van der Waals surface area contributed by atoms with Crippen LogP contribution in [0.5, 0.6) is 0 Å². The van der Waals surface area contributed by atoms with Gasteiger partial charge in [-0.25, -0.2) is 0 Å². The summed E-state index contributed by atoms with van der Waals surface area (Å²) in [7, 11) is 0. The van der Waals surface area contributed by atoms with Crippen molar-refractivity contribution in [2.45, 2.75) is 44.6 Å². The van der Waals surface area contributed by atoms with Crippen molar-refractivity contribution in [3.63, 3.8) is 0 Å². The molecule has 5 nitrogen and oxygen atoms in total. The summed E-state index contributed by atoms with van der Waals surface area (Å²) in [4.78, 5) is 28.3. The van der Waals surface area contributed by atoms with Crippen molar-refractivity contribution in [1.82, 2.24) is 14.8 Å². The van der Waals surface area contributed by atoms with Crippen molar-refractivity contribution in [1.29, 1.82) is 0 Å². The maximum atomic E-state index is 12.6. The zero-order valence-corrected chi connectivity index (χ0v) is 19.7. The number of aryl methyl sites for hydroxylation is 2. The lowest BCUT2D eigenvalue weighted by Crippen LogP contribution is -2.36. The van der Waals surface area contributed by atoms with E-state index in [0.717, 1.165) is 52.9 Å². The highest BCUT2D eigenvalue weighted by Gasteiger charge is 2.18. The SMILES string of the molecule is Cc1cc(C)cc(C(=O)NCCn2cc(SCC(=O)N3CCCCC3)c3ccccc32)c1. The van der Waals surface area contributed by atoms with E-state index in [1.165, 1.54) is 6.42 Å². The van der Waals surface area contributed by atoms with Crippen LogP contribution in [0.4, 0.5) is 0 Å². The van der Waals surface area contributed by atoms with Gasteiger partial charge in [0.1, 0.15) is 0 Å². The molecular formula is C26H31N3O2S. The van der Waals surface area contributed by atoms with Crippen LogP contribution >= 0.6 is 11.8 Å². The second-order valence-electron chi connectivity index (χ2n) is 8.57. The van der Waals surface area contributed by atoms with Crippen LogP contribution < -0.4 is 5.32 Å². The number of carbonyl (C=O) groups is 2. The van der Waals surface area contributed by atoms with Gasteiger partial charge in [0.15, 0.2) is 0 Å². The van der Waals surface area contributed by atoms with Gasteiger partial charge in [-0.05, 0) is 51.3 Å². The molecule has 1 N–H and O–H groups in total. The monoisotopic (exact) mass is 449 g/mol. The summed E-state index contributed by atoms with van der Waals surface area (Å²) >= 11 is 1.61. The Balaban J connectivity index is 1.39. The molecule has 1 aliphatic rings. The summed E-state index contributed by atoms with van der Waals surface area (Å²) in [5.41, 5.74) is 4.01. The van der Waals surface area contributed by atoms with E-state index in [0.29, 0.717) is 24.4 Å². The highest BCUT2D eigenvalue weighted by Crippen LogP contribution is 2.30. The minimum absolute atomic E-state index is 0.0463. The Morgan fingerprint density at radius 1 is 1.00 bits per heavy atom. The molecule has 1 saturated heterocycles. The molecule has 2 amide bonds. The Kier molecular flexibility index (Phi) is 7.20. The van der Waals surface area contributed by atoms with Crippen molar-refractivity contribution in [2.75, 3.05) is 25.4 Å². The van der Waals surface area contributed by atoms with Crippen molar-refractivity contribution in [3.8, 4) is 0 Å². The summed E-state index contributed by atoms with van der Waals surface area (Å²) in [6, 6.07) is 14.2. The zero-order chi connectivity index (χ0) is 22.5. The molecule has 2 aromatic carbocycles. The summed E-state index contributed by atoms with van der Waals surface area (Å²) in [6.07, 6.45) is 5.57. The van der Waals surface area contributed by atoms with Crippen molar-refractivity contribution in [2.24, 2.45) is 0 Å². The number of nitrogens with zero attached hydrogens (tertiary/aromatic N) is 2. The van der Waals surface area contributed by atoms with Crippen LogP contribution in [-0.2, 0) is 11.3 Å². The molecule has 0 saturated carbocycles. The summed E-state index contributed by atoms with van der Waals surface area (Å²) < 4.78 is 2.17. The van der Waals surface area contributed by atoms with Gasteiger partial charge in [0.2, 0.25) is 5.91 Å². The van der Waals surface area contributed by atoms with Crippen LogP contribution in [0.2, 0.25) is 0 Å². The molecule has 168 valence electrons. The number of piperidine rings is 1. The number of hydrogen-bond acceptors (Lipinski definition) is 3. The molecule has 6 heteroatoms. The Morgan fingerprint density at radius 3 is 2.47 bits per heavy atom. The Hall–Kier alpha value is -2.73. The number of fused-ring (bicyclic) bond motifs is 1. The van der Waals surface area contributed by atoms with Gasteiger partial charge in [-0.3, -0.25) is 9.59 Å². The molecule has 3 aromatic rings. The van der Waals surface area contributed by atoms with Crippen molar-refractivity contribution >= 4 is 34.5 Å². The van der Waals surface area contributed by atoms with E-state index < -0.39 is 0 Å². The Bertz CT molecular complexity index is 1100. The third-order valence-electron chi connectivity index (χ3n) is 5.93. The van der Waals surface area contributed by atoms with Crippen molar-refractivity contribution in [3.05, 3.63) is 65.4 Å². The van der Waals surface area contributed by atoms with Gasteiger partial charge in [-0.2, -0.15) is 0 Å². The fraction of sp³-hybridized carbons (Fsp3) is 0.385. The highest BCUT2D eigenvalue weighted by molar-refractivity contribution is 8.00. The maximum absolute atomic E-state index is 12.6. The lowest BCUT2D eigenvalue weighted by atomic mass is 10.1. The Morgan fingerprint density at radius 2 is 1.72 bits per heavy atom. The quantitative estimate of drug-likeness (QED) is 0.528. The molecule has 0 atom stereocenters. The number of hydrogen-bond donors (Lipinski definition) is 1. The molecular weight excluding hydrogens is 418 g/mol. The average Bonchev–Trinajstić information content (AvgIpc) is 3.15. The molecule has 1 aliphatic heterocycles. The van der Waals surface area contributed by atoms with Crippen LogP contribution in [0.25, 0.3) is 10.9 Å². The van der Waals surface area contributed by atoms with Gasteiger partial charge >= 0.3 is 0 Å². The third kappa shape index (κ3) is 5.36. The minimum atomic E-state index is -0.0463. The number of nitrogens with one attached hydrogen (secondary N) is 1. The van der Waals surface area contributed by atoms with Gasteiger partial charge in [-0.15, -0.1) is 11.8 Å². The lowest BCUT2D eigenvalue weighted by Gasteiger charge is -2.26. The van der Waals surface area contributed by atoms with Gasteiger partial charge in [-0.1, -0.05) is 35.4 Å². The first-order chi connectivity index (χ1) is 15.5. The van der Waals surface area contributed by atoms with E-state index in [2.05, 4.69) is 34.3 Å². The van der Waals surface area contributed by atoms with E-state index in [-0.39, 0.29) is 11.8 Å². The predicted octanol–water partition coefficient (Wildman–Crippen LogP) is 4.79. The second kappa shape index (κ2) is 10.3. The third-order valence-corrected chi connectivity index (χ3v) is 6.96. The normalized spacial score (nSPS) is 14.0. The lowest BCUT2D eigenvalue weighted by molar-refractivity contribution is -0.129. The molecule has 0 bridgehead atoms. The smallest absolute Gasteiger partial charge is 0.251 e. The van der Waals surface area contributed by atoms with Crippen molar-refractivity contribution < 1.29 is 9.59 Å². The fourth-order valence-electron chi connectivity index (χ4n) is 4.38. The minimum Gasteiger partial charge on any atom is -0.350 e. The molecule has 32 heavy (non-hydrogen) atoms. The first-order valence-electron chi connectivity index (χ1n) is 11.4. The molecule has 0 aliphatic carbocycles. The predicted molar refractivity (Wildman–Crippen MR) is 131 cm³/mol. The first-order valence-corrected chi connectivity index (χ1v) is 12.3. The van der Waals surface area contributed by atoms with E-state index in [1.54, 1.807) is 11.8 Å². The number of rotatable bonds is 7. The topological polar surface area (TPSA) is 54.3 Å². The van der Waals surface area contributed by atoms with Crippen LogP contribution in [0.3, 0.4) is 0 Å². The van der Waals surface area contributed by atoms with Crippen LogP contribution in [0, 0.1) is 13.8 Å². The number of aromatic nitrogens is 1.